The van der Waals surface area contributed by atoms with E-state index < -0.39 is 0 Å². The van der Waals surface area contributed by atoms with E-state index in [0.717, 1.165) is 55.3 Å². The molecule has 50 heavy (non-hydrogen) atoms. The Balaban J connectivity index is 1.14. The molecule has 0 fully saturated rings. The van der Waals surface area contributed by atoms with Gasteiger partial charge in [0.05, 0.1) is 0 Å². The summed E-state index contributed by atoms with van der Waals surface area (Å²) in [5.74, 6) is 1.94. The van der Waals surface area contributed by atoms with Gasteiger partial charge in [-0.15, -0.1) is 0 Å². The van der Waals surface area contributed by atoms with E-state index in [1.807, 2.05) is 30.3 Å². The second kappa shape index (κ2) is 10.8. The maximum Gasteiger partial charge on any atom is 0.164 e. The number of rotatable bonds is 4. The molecular formula is C46H31N3O. The minimum atomic E-state index is -0.218. The minimum Gasteiger partial charge on any atom is -0.456 e. The summed E-state index contributed by atoms with van der Waals surface area (Å²) in [4.78, 5) is 15.4. The first kappa shape index (κ1) is 28.6. The SMILES string of the molecule is CC1(C)c2cc3c(cc2-c2c(-c4nc(-c5ccccc5)nc(-c5ccc(-c6ccc7ccccc7c6)cc5)n4)cccc21)oc1ccccc13. The van der Waals surface area contributed by atoms with E-state index in [1.54, 1.807) is 0 Å². The third kappa shape index (κ3) is 4.42. The van der Waals surface area contributed by atoms with Gasteiger partial charge in [-0.1, -0.05) is 141 Å². The molecule has 0 unspecified atom stereocenters. The van der Waals surface area contributed by atoms with Gasteiger partial charge in [-0.3, -0.25) is 0 Å². The number of fused-ring (bicyclic) bond motifs is 7. The van der Waals surface area contributed by atoms with Gasteiger partial charge in [0.2, 0.25) is 0 Å². The van der Waals surface area contributed by atoms with Crippen LogP contribution in [0.1, 0.15) is 25.0 Å². The molecule has 0 spiro atoms. The molecule has 4 heteroatoms. The van der Waals surface area contributed by atoms with Crippen molar-refractivity contribution in [3.8, 4) is 56.4 Å². The first-order valence-electron chi connectivity index (χ1n) is 17.0. The second-order valence-corrected chi connectivity index (χ2v) is 13.7. The summed E-state index contributed by atoms with van der Waals surface area (Å²) >= 11 is 0. The fraction of sp³-hybridized carbons (Fsp3) is 0.0652. The molecular weight excluding hydrogens is 611 g/mol. The highest BCUT2D eigenvalue weighted by Crippen LogP contribution is 2.53. The Morgan fingerprint density at radius 1 is 0.420 bits per heavy atom. The van der Waals surface area contributed by atoms with Crippen molar-refractivity contribution >= 4 is 32.7 Å². The highest BCUT2D eigenvalue weighted by Gasteiger charge is 2.38. The summed E-state index contributed by atoms with van der Waals surface area (Å²) in [6, 6.07) is 53.1. The van der Waals surface area contributed by atoms with Crippen LogP contribution in [-0.2, 0) is 5.41 Å². The van der Waals surface area contributed by atoms with Crippen LogP contribution in [0.25, 0.3) is 89.1 Å². The molecule has 10 rings (SSSR count). The number of benzene rings is 7. The first-order chi connectivity index (χ1) is 24.5. The van der Waals surface area contributed by atoms with Gasteiger partial charge in [0, 0.05) is 32.9 Å². The van der Waals surface area contributed by atoms with Crippen LogP contribution in [0.5, 0.6) is 0 Å². The second-order valence-electron chi connectivity index (χ2n) is 13.7. The van der Waals surface area contributed by atoms with Crippen LogP contribution in [0.4, 0.5) is 0 Å². The van der Waals surface area contributed by atoms with Crippen LogP contribution >= 0.6 is 0 Å². The molecule has 0 aliphatic heterocycles. The van der Waals surface area contributed by atoms with Crippen LogP contribution in [0.2, 0.25) is 0 Å². The zero-order chi connectivity index (χ0) is 33.4. The van der Waals surface area contributed by atoms with Crippen molar-refractivity contribution in [1.29, 1.82) is 0 Å². The molecule has 0 N–H and O–H groups in total. The van der Waals surface area contributed by atoms with Crippen molar-refractivity contribution in [3.63, 3.8) is 0 Å². The quantitative estimate of drug-likeness (QED) is 0.192. The lowest BCUT2D eigenvalue weighted by atomic mass is 9.82. The van der Waals surface area contributed by atoms with E-state index >= 15 is 0 Å². The number of hydrogen-bond acceptors (Lipinski definition) is 4. The Bertz CT molecular complexity index is 2780. The molecule has 0 atom stereocenters. The molecule has 9 aromatic rings. The molecule has 0 saturated carbocycles. The number of para-hydroxylation sites is 1. The molecule has 0 bridgehead atoms. The van der Waals surface area contributed by atoms with Gasteiger partial charge in [-0.05, 0) is 68.4 Å². The highest BCUT2D eigenvalue weighted by atomic mass is 16.3. The van der Waals surface area contributed by atoms with E-state index in [4.69, 9.17) is 19.4 Å². The Morgan fingerprint density at radius 2 is 1.08 bits per heavy atom. The molecule has 1 aliphatic carbocycles. The van der Waals surface area contributed by atoms with Crippen LogP contribution in [0.3, 0.4) is 0 Å². The standard InChI is InChI=1S/C46H31N3O/c1-46(2)38-17-10-16-35(42(38)37-27-41-36(26-39(37)46)34-15-8-9-18-40(34)50-41)45-48-43(30-12-4-3-5-13-30)47-44(49-45)31-22-19-29(20-23-31)33-24-21-28-11-6-7-14-32(28)25-33/h3-27H,1-2H3. The van der Waals surface area contributed by atoms with Crippen LogP contribution in [-0.4, -0.2) is 15.0 Å². The Kier molecular flexibility index (Phi) is 6.19. The third-order valence-corrected chi connectivity index (χ3v) is 10.3. The minimum absolute atomic E-state index is 0.218. The smallest absolute Gasteiger partial charge is 0.164 e. The summed E-state index contributed by atoms with van der Waals surface area (Å²) in [7, 11) is 0. The highest BCUT2D eigenvalue weighted by molar-refractivity contribution is 6.08. The fourth-order valence-electron chi connectivity index (χ4n) is 7.71. The van der Waals surface area contributed by atoms with Gasteiger partial charge >= 0.3 is 0 Å². The maximum atomic E-state index is 6.38. The Hall–Kier alpha value is -6.39. The lowest BCUT2D eigenvalue weighted by Gasteiger charge is -2.21. The van der Waals surface area contributed by atoms with Crippen LogP contribution in [0.15, 0.2) is 156 Å². The lowest BCUT2D eigenvalue weighted by Crippen LogP contribution is -2.14. The van der Waals surface area contributed by atoms with Crippen LogP contribution < -0.4 is 0 Å². The number of nitrogens with zero attached hydrogens (tertiary/aromatic N) is 3. The first-order valence-corrected chi connectivity index (χ1v) is 17.0. The molecule has 2 aromatic heterocycles. The van der Waals surface area contributed by atoms with E-state index in [1.165, 1.54) is 27.5 Å². The van der Waals surface area contributed by atoms with Gasteiger partial charge < -0.3 is 4.42 Å². The third-order valence-electron chi connectivity index (χ3n) is 10.3. The largest absolute Gasteiger partial charge is 0.456 e. The van der Waals surface area contributed by atoms with Crippen molar-refractivity contribution in [3.05, 3.63) is 163 Å². The number of aromatic nitrogens is 3. The van der Waals surface area contributed by atoms with Crippen LogP contribution in [0, 0.1) is 0 Å². The van der Waals surface area contributed by atoms with Gasteiger partial charge in [0.25, 0.3) is 0 Å². The number of hydrogen-bond donors (Lipinski definition) is 0. The van der Waals surface area contributed by atoms with Crippen molar-refractivity contribution in [2.45, 2.75) is 19.3 Å². The predicted octanol–water partition coefficient (Wildman–Crippen LogP) is 11.9. The van der Waals surface area contributed by atoms with Gasteiger partial charge in [-0.25, -0.2) is 15.0 Å². The molecule has 7 aromatic carbocycles. The molecule has 236 valence electrons. The fourth-order valence-corrected chi connectivity index (χ4v) is 7.71. The van der Waals surface area contributed by atoms with Crippen molar-refractivity contribution in [1.82, 2.24) is 15.0 Å². The van der Waals surface area contributed by atoms with E-state index in [0.29, 0.717) is 17.5 Å². The summed E-state index contributed by atoms with van der Waals surface area (Å²) in [5.41, 5.74) is 11.6. The maximum absolute atomic E-state index is 6.38. The predicted molar refractivity (Wildman–Crippen MR) is 204 cm³/mol. The molecule has 4 nitrogen and oxygen atoms in total. The monoisotopic (exact) mass is 641 g/mol. The van der Waals surface area contributed by atoms with E-state index in [-0.39, 0.29) is 5.41 Å². The summed E-state index contributed by atoms with van der Waals surface area (Å²) in [5, 5.41) is 4.74. The molecule has 0 saturated heterocycles. The Labute approximate surface area is 289 Å². The number of furan rings is 1. The summed E-state index contributed by atoms with van der Waals surface area (Å²) < 4.78 is 6.38. The average Bonchev–Trinajstić information content (AvgIpc) is 3.65. The Morgan fingerprint density at radius 3 is 1.90 bits per heavy atom. The zero-order valence-corrected chi connectivity index (χ0v) is 27.7. The normalized spacial score (nSPS) is 13.2. The molecule has 0 amide bonds. The lowest BCUT2D eigenvalue weighted by molar-refractivity contribution is 0.658. The molecule has 1 aliphatic rings. The van der Waals surface area contributed by atoms with Crippen molar-refractivity contribution in [2.24, 2.45) is 0 Å². The molecule has 0 radical (unpaired) electrons. The van der Waals surface area contributed by atoms with Gasteiger partial charge in [0.15, 0.2) is 17.5 Å². The van der Waals surface area contributed by atoms with Gasteiger partial charge in [0.1, 0.15) is 11.2 Å². The van der Waals surface area contributed by atoms with Gasteiger partial charge in [-0.2, -0.15) is 0 Å². The van der Waals surface area contributed by atoms with Crippen molar-refractivity contribution in [2.75, 3.05) is 0 Å². The summed E-state index contributed by atoms with van der Waals surface area (Å²) in [6.07, 6.45) is 0. The van der Waals surface area contributed by atoms with E-state index in [9.17, 15) is 0 Å². The topological polar surface area (TPSA) is 51.8 Å². The average molecular weight is 642 g/mol. The zero-order valence-electron chi connectivity index (χ0n) is 27.7. The van der Waals surface area contributed by atoms with E-state index in [2.05, 4.69) is 135 Å². The summed E-state index contributed by atoms with van der Waals surface area (Å²) in [6.45, 7) is 4.61. The molecule has 2 heterocycles. The van der Waals surface area contributed by atoms with Crippen molar-refractivity contribution < 1.29 is 4.42 Å².